The molecule has 0 radical (unpaired) electrons. The first-order valence-electron chi connectivity index (χ1n) is 7.78. The molecule has 0 spiro atoms. The molecule has 2 rings (SSSR count). The van der Waals surface area contributed by atoms with E-state index in [1.165, 1.54) is 10.5 Å². The van der Waals surface area contributed by atoms with Crippen LogP contribution in [0.3, 0.4) is 0 Å². The minimum Gasteiger partial charge on any atom is -0.395 e. The highest BCUT2D eigenvalue weighted by molar-refractivity contribution is 5.94. The Morgan fingerprint density at radius 2 is 1.61 bits per heavy atom. The molecule has 0 aliphatic carbocycles. The van der Waals surface area contributed by atoms with Gasteiger partial charge in [-0.05, 0) is 30.3 Å². The minimum absolute atomic E-state index is 0.0260. The van der Waals surface area contributed by atoms with E-state index in [9.17, 15) is 4.79 Å². The maximum absolute atomic E-state index is 12.3. The lowest BCUT2D eigenvalue weighted by Gasteiger charge is -2.19. The molecular weight excluding hydrogens is 288 g/mol. The number of carbonyl (C=O) groups excluding carboxylic acids is 1. The number of hydrogen-bond acceptors (Lipinski definition) is 3. The monoisotopic (exact) mass is 312 g/mol. The molecule has 0 saturated carbocycles. The molecule has 4 heteroatoms. The van der Waals surface area contributed by atoms with Crippen molar-refractivity contribution in [3.05, 3.63) is 71.3 Å². The van der Waals surface area contributed by atoms with Crippen LogP contribution in [0.4, 0.5) is 0 Å². The predicted molar refractivity (Wildman–Crippen MR) is 92.1 cm³/mol. The van der Waals surface area contributed by atoms with Crippen molar-refractivity contribution >= 4 is 5.91 Å². The molecule has 0 heterocycles. The van der Waals surface area contributed by atoms with Crippen LogP contribution in [-0.4, -0.2) is 48.1 Å². The maximum atomic E-state index is 12.3. The highest BCUT2D eigenvalue weighted by Gasteiger charge is 2.12. The Bertz CT molecular complexity index is 628. The fourth-order valence-corrected chi connectivity index (χ4v) is 2.54. The number of benzene rings is 2. The highest BCUT2D eigenvalue weighted by atomic mass is 16.3. The van der Waals surface area contributed by atoms with Gasteiger partial charge in [-0.25, -0.2) is 0 Å². The van der Waals surface area contributed by atoms with E-state index in [2.05, 4.69) is 24.1 Å². The van der Waals surface area contributed by atoms with Crippen LogP contribution >= 0.6 is 0 Å². The number of aliphatic hydroxyl groups is 1. The largest absolute Gasteiger partial charge is 0.395 e. The number of carbonyl (C=O) groups is 1. The molecular formula is C19H24N2O2. The number of nitrogens with zero attached hydrogens (tertiary/aromatic N) is 2. The number of rotatable bonds is 7. The molecule has 0 fully saturated rings. The van der Waals surface area contributed by atoms with Crippen LogP contribution in [0.5, 0.6) is 0 Å². The second-order valence-corrected chi connectivity index (χ2v) is 5.81. The topological polar surface area (TPSA) is 43.8 Å². The van der Waals surface area contributed by atoms with Gasteiger partial charge in [-0.15, -0.1) is 0 Å². The summed E-state index contributed by atoms with van der Waals surface area (Å²) in [6.45, 7) is 1.96. The van der Waals surface area contributed by atoms with Crippen LogP contribution in [0.15, 0.2) is 54.6 Å². The molecule has 2 aromatic rings. The highest BCUT2D eigenvalue weighted by Crippen LogP contribution is 2.11. The summed E-state index contributed by atoms with van der Waals surface area (Å²) in [5.41, 5.74) is 3.03. The van der Waals surface area contributed by atoms with E-state index in [-0.39, 0.29) is 12.5 Å². The zero-order valence-corrected chi connectivity index (χ0v) is 13.8. The lowest BCUT2D eigenvalue weighted by molar-refractivity contribution is 0.0767. The molecule has 0 saturated heterocycles. The summed E-state index contributed by atoms with van der Waals surface area (Å²) in [5, 5.41) is 8.95. The Hall–Kier alpha value is -2.17. The SMILES string of the molecule is CN(Cc1ccccc1)Cc1cccc(C(=O)N(C)CCO)c1. The van der Waals surface area contributed by atoms with Crippen molar-refractivity contribution in [3.63, 3.8) is 0 Å². The number of aliphatic hydroxyl groups excluding tert-OH is 1. The quantitative estimate of drug-likeness (QED) is 0.854. The lowest BCUT2D eigenvalue weighted by atomic mass is 10.1. The molecule has 4 nitrogen and oxygen atoms in total. The first-order valence-corrected chi connectivity index (χ1v) is 7.78. The molecule has 122 valence electrons. The van der Waals surface area contributed by atoms with Gasteiger partial charge in [-0.3, -0.25) is 9.69 Å². The minimum atomic E-state index is -0.0633. The zero-order valence-electron chi connectivity index (χ0n) is 13.8. The van der Waals surface area contributed by atoms with Crippen molar-refractivity contribution < 1.29 is 9.90 Å². The van der Waals surface area contributed by atoms with Gasteiger partial charge in [0.1, 0.15) is 0 Å². The molecule has 0 aromatic heterocycles. The third-order valence-corrected chi connectivity index (χ3v) is 3.70. The van der Waals surface area contributed by atoms with Crippen molar-refractivity contribution in [2.75, 3.05) is 27.2 Å². The van der Waals surface area contributed by atoms with Crippen LogP contribution in [-0.2, 0) is 13.1 Å². The van der Waals surface area contributed by atoms with E-state index in [1.807, 2.05) is 42.5 Å². The Balaban J connectivity index is 2.00. The van der Waals surface area contributed by atoms with Crippen molar-refractivity contribution in [3.8, 4) is 0 Å². The van der Waals surface area contributed by atoms with E-state index < -0.39 is 0 Å². The Kier molecular flexibility index (Phi) is 6.32. The third-order valence-electron chi connectivity index (χ3n) is 3.70. The standard InChI is InChI=1S/C19H24N2O2/c1-20(14-16-7-4-3-5-8-16)15-17-9-6-10-18(13-17)19(23)21(2)11-12-22/h3-10,13,22H,11-12,14-15H2,1-2H3. The predicted octanol–water partition coefficient (Wildman–Crippen LogP) is 2.38. The second-order valence-electron chi connectivity index (χ2n) is 5.81. The summed E-state index contributed by atoms with van der Waals surface area (Å²) < 4.78 is 0. The van der Waals surface area contributed by atoms with Gasteiger partial charge in [0.25, 0.3) is 5.91 Å². The smallest absolute Gasteiger partial charge is 0.253 e. The van der Waals surface area contributed by atoms with Gasteiger partial charge in [-0.1, -0.05) is 42.5 Å². The fourth-order valence-electron chi connectivity index (χ4n) is 2.54. The molecule has 0 unspecified atom stereocenters. The van der Waals surface area contributed by atoms with Crippen LogP contribution in [0.25, 0.3) is 0 Å². The number of amides is 1. The number of hydrogen-bond donors (Lipinski definition) is 1. The van der Waals surface area contributed by atoms with Gasteiger partial charge in [0.2, 0.25) is 0 Å². The first-order chi connectivity index (χ1) is 11.1. The maximum Gasteiger partial charge on any atom is 0.253 e. The van der Waals surface area contributed by atoms with E-state index in [0.717, 1.165) is 18.7 Å². The van der Waals surface area contributed by atoms with E-state index in [4.69, 9.17) is 5.11 Å². The first kappa shape index (κ1) is 17.2. The molecule has 1 amide bonds. The van der Waals surface area contributed by atoms with Crippen molar-refractivity contribution in [2.45, 2.75) is 13.1 Å². The van der Waals surface area contributed by atoms with Gasteiger partial charge in [-0.2, -0.15) is 0 Å². The molecule has 0 bridgehead atoms. The van der Waals surface area contributed by atoms with E-state index >= 15 is 0 Å². The van der Waals surface area contributed by atoms with Crippen LogP contribution in [0.2, 0.25) is 0 Å². The molecule has 1 N–H and O–H groups in total. The van der Waals surface area contributed by atoms with Crippen molar-refractivity contribution in [2.24, 2.45) is 0 Å². The Morgan fingerprint density at radius 1 is 0.957 bits per heavy atom. The van der Waals surface area contributed by atoms with Gasteiger partial charge < -0.3 is 10.0 Å². The van der Waals surface area contributed by atoms with Crippen LogP contribution < -0.4 is 0 Å². The average Bonchev–Trinajstić information content (AvgIpc) is 2.55. The molecule has 23 heavy (non-hydrogen) atoms. The van der Waals surface area contributed by atoms with Gasteiger partial charge in [0, 0.05) is 32.2 Å². The summed E-state index contributed by atoms with van der Waals surface area (Å²) in [6, 6.07) is 18.0. The number of likely N-dealkylation sites (N-methyl/N-ethyl adjacent to an activating group) is 1. The summed E-state index contributed by atoms with van der Waals surface area (Å²) in [7, 11) is 3.77. The summed E-state index contributed by atoms with van der Waals surface area (Å²) in [5.74, 6) is -0.0633. The van der Waals surface area contributed by atoms with E-state index in [0.29, 0.717) is 12.1 Å². The molecule has 2 aromatic carbocycles. The van der Waals surface area contributed by atoms with Gasteiger partial charge >= 0.3 is 0 Å². The van der Waals surface area contributed by atoms with Crippen molar-refractivity contribution in [1.82, 2.24) is 9.80 Å². The Labute approximate surface area is 138 Å². The summed E-state index contributed by atoms with van der Waals surface area (Å²) in [6.07, 6.45) is 0. The lowest BCUT2D eigenvalue weighted by Crippen LogP contribution is -2.29. The normalized spacial score (nSPS) is 10.8. The van der Waals surface area contributed by atoms with Crippen LogP contribution in [0, 0.1) is 0 Å². The fraction of sp³-hybridized carbons (Fsp3) is 0.316. The van der Waals surface area contributed by atoms with Gasteiger partial charge in [0.15, 0.2) is 0 Å². The second kappa shape index (κ2) is 8.46. The van der Waals surface area contributed by atoms with Crippen LogP contribution in [0.1, 0.15) is 21.5 Å². The van der Waals surface area contributed by atoms with Crippen molar-refractivity contribution in [1.29, 1.82) is 0 Å². The Morgan fingerprint density at radius 3 is 2.30 bits per heavy atom. The summed E-state index contributed by atoms with van der Waals surface area (Å²) >= 11 is 0. The van der Waals surface area contributed by atoms with E-state index in [1.54, 1.807) is 7.05 Å². The summed E-state index contributed by atoms with van der Waals surface area (Å²) in [4.78, 5) is 16.0. The van der Waals surface area contributed by atoms with Gasteiger partial charge in [0.05, 0.1) is 6.61 Å². The molecule has 0 aliphatic heterocycles. The zero-order chi connectivity index (χ0) is 16.7. The molecule has 0 atom stereocenters. The third kappa shape index (κ3) is 5.20. The molecule has 0 aliphatic rings. The average molecular weight is 312 g/mol.